The largest absolute Gasteiger partial charge is 0.469 e. The van der Waals surface area contributed by atoms with Crippen LogP contribution in [0.5, 0.6) is 0 Å². The molecule has 1 heterocycles. The summed E-state index contributed by atoms with van der Waals surface area (Å²) in [7, 11) is 0. The molecule has 0 fully saturated rings. The fraction of sp³-hybridized carbons (Fsp3) is 0.250. The van der Waals surface area contributed by atoms with E-state index in [1.54, 1.807) is 12.3 Å². The van der Waals surface area contributed by atoms with E-state index in [1.165, 1.54) is 6.08 Å². The molecule has 1 rings (SSSR count). The number of aliphatic hydroxyl groups is 1. The molecule has 2 nitrogen and oxygen atoms in total. The molecule has 1 N–H and O–H groups in total. The van der Waals surface area contributed by atoms with E-state index in [9.17, 15) is 5.11 Å². The van der Waals surface area contributed by atoms with E-state index in [0.29, 0.717) is 0 Å². The Morgan fingerprint density at radius 2 is 2.50 bits per heavy atom. The van der Waals surface area contributed by atoms with Crippen molar-refractivity contribution >= 4 is 0 Å². The van der Waals surface area contributed by atoms with Crippen LogP contribution in [-0.2, 0) is 0 Å². The molecular weight excluding hydrogens is 128 g/mol. The van der Waals surface area contributed by atoms with Gasteiger partial charge in [0.2, 0.25) is 0 Å². The Labute approximate surface area is 59.8 Å². The Kier molecular flexibility index (Phi) is 1.92. The third-order valence-corrected chi connectivity index (χ3v) is 1.44. The molecule has 0 radical (unpaired) electrons. The highest BCUT2D eigenvalue weighted by Crippen LogP contribution is 2.18. The van der Waals surface area contributed by atoms with E-state index in [2.05, 4.69) is 6.58 Å². The molecule has 2 heteroatoms. The topological polar surface area (TPSA) is 33.4 Å². The molecule has 0 bridgehead atoms. The lowest BCUT2D eigenvalue weighted by atomic mass is 10.1. The highest BCUT2D eigenvalue weighted by Gasteiger charge is 2.07. The fourth-order valence-corrected chi connectivity index (χ4v) is 0.829. The molecule has 54 valence electrons. The number of hydrogen-bond donors (Lipinski definition) is 1. The van der Waals surface area contributed by atoms with Crippen LogP contribution in [0.1, 0.15) is 17.4 Å². The van der Waals surface area contributed by atoms with Gasteiger partial charge in [-0.25, -0.2) is 0 Å². The van der Waals surface area contributed by atoms with Crippen LogP contribution in [0.3, 0.4) is 0 Å². The van der Waals surface area contributed by atoms with E-state index in [4.69, 9.17) is 4.42 Å². The standard InChI is InChI=1S/C8H10O2/c1-3-8(9)7-4-5-10-6(7)2/h3-5,8-9H,1H2,2H3. The third kappa shape index (κ3) is 1.11. The van der Waals surface area contributed by atoms with Crippen molar-refractivity contribution in [3.63, 3.8) is 0 Å². The summed E-state index contributed by atoms with van der Waals surface area (Å²) in [6, 6.07) is 1.74. The maximum Gasteiger partial charge on any atom is 0.106 e. The molecule has 1 atom stereocenters. The van der Waals surface area contributed by atoms with E-state index in [-0.39, 0.29) is 0 Å². The lowest BCUT2D eigenvalue weighted by Crippen LogP contribution is -1.91. The second-order valence-electron chi connectivity index (χ2n) is 2.11. The zero-order valence-electron chi connectivity index (χ0n) is 5.87. The molecule has 0 aliphatic rings. The minimum atomic E-state index is -0.598. The van der Waals surface area contributed by atoms with Gasteiger partial charge in [0.25, 0.3) is 0 Å². The van der Waals surface area contributed by atoms with E-state index in [1.807, 2.05) is 6.92 Å². The van der Waals surface area contributed by atoms with Crippen molar-refractivity contribution in [1.29, 1.82) is 0 Å². The summed E-state index contributed by atoms with van der Waals surface area (Å²) in [5.41, 5.74) is 0.787. The summed E-state index contributed by atoms with van der Waals surface area (Å²) < 4.78 is 4.98. The Bertz CT molecular complexity index is 225. The van der Waals surface area contributed by atoms with Gasteiger partial charge in [-0.3, -0.25) is 0 Å². The highest BCUT2D eigenvalue weighted by atomic mass is 16.3. The molecule has 0 amide bonds. The SMILES string of the molecule is C=CC(O)c1ccoc1C. The van der Waals surface area contributed by atoms with Crippen LogP contribution in [0.2, 0.25) is 0 Å². The van der Waals surface area contributed by atoms with Crippen molar-refractivity contribution in [1.82, 2.24) is 0 Å². The molecule has 10 heavy (non-hydrogen) atoms. The number of rotatable bonds is 2. The second kappa shape index (κ2) is 2.71. The van der Waals surface area contributed by atoms with E-state index >= 15 is 0 Å². The van der Waals surface area contributed by atoms with Gasteiger partial charge in [0, 0.05) is 5.56 Å². The van der Waals surface area contributed by atoms with Crippen LogP contribution in [0.25, 0.3) is 0 Å². The molecular formula is C8H10O2. The van der Waals surface area contributed by atoms with Gasteiger partial charge in [0.1, 0.15) is 11.9 Å². The predicted molar refractivity (Wildman–Crippen MR) is 38.6 cm³/mol. The van der Waals surface area contributed by atoms with Crippen molar-refractivity contribution in [2.45, 2.75) is 13.0 Å². The Morgan fingerprint density at radius 3 is 2.90 bits per heavy atom. The van der Waals surface area contributed by atoms with Gasteiger partial charge in [-0.15, -0.1) is 6.58 Å². The van der Waals surface area contributed by atoms with Gasteiger partial charge in [-0.1, -0.05) is 6.08 Å². The van der Waals surface area contributed by atoms with Crippen LogP contribution in [-0.4, -0.2) is 5.11 Å². The predicted octanol–water partition coefficient (Wildman–Crippen LogP) is 1.81. The first-order chi connectivity index (χ1) is 4.75. The van der Waals surface area contributed by atoms with E-state index < -0.39 is 6.10 Å². The van der Waals surface area contributed by atoms with Gasteiger partial charge >= 0.3 is 0 Å². The van der Waals surface area contributed by atoms with Gasteiger partial charge in [-0.05, 0) is 13.0 Å². The molecule has 0 aliphatic carbocycles. The van der Waals surface area contributed by atoms with Crippen LogP contribution < -0.4 is 0 Å². The van der Waals surface area contributed by atoms with Crippen LogP contribution in [0, 0.1) is 6.92 Å². The van der Waals surface area contributed by atoms with Crippen LogP contribution in [0.15, 0.2) is 29.4 Å². The molecule has 0 saturated heterocycles. The average Bonchev–Trinajstić information content (AvgIpc) is 2.34. The molecule has 0 saturated carbocycles. The summed E-state index contributed by atoms with van der Waals surface area (Å²) in [6.07, 6.45) is 2.42. The minimum Gasteiger partial charge on any atom is -0.469 e. The van der Waals surface area contributed by atoms with Crippen molar-refractivity contribution in [3.05, 3.63) is 36.3 Å². The van der Waals surface area contributed by atoms with E-state index in [0.717, 1.165) is 11.3 Å². The van der Waals surface area contributed by atoms with Gasteiger partial charge in [0.15, 0.2) is 0 Å². The first kappa shape index (κ1) is 7.09. The second-order valence-corrected chi connectivity index (χ2v) is 2.11. The van der Waals surface area contributed by atoms with Crippen molar-refractivity contribution in [2.24, 2.45) is 0 Å². The lowest BCUT2D eigenvalue weighted by molar-refractivity contribution is 0.226. The number of furan rings is 1. The number of aryl methyl sites for hydroxylation is 1. The van der Waals surface area contributed by atoms with Gasteiger partial charge in [-0.2, -0.15) is 0 Å². The third-order valence-electron chi connectivity index (χ3n) is 1.44. The lowest BCUT2D eigenvalue weighted by Gasteiger charge is -2.00. The van der Waals surface area contributed by atoms with Crippen molar-refractivity contribution in [3.8, 4) is 0 Å². The molecule has 0 aliphatic heterocycles. The monoisotopic (exact) mass is 138 g/mol. The molecule has 1 aromatic heterocycles. The Balaban J connectivity index is 2.92. The summed E-state index contributed by atoms with van der Waals surface area (Å²) in [4.78, 5) is 0. The normalized spacial score (nSPS) is 13.0. The highest BCUT2D eigenvalue weighted by molar-refractivity contribution is 5.21. The van der Waals surface area contributed by atoms with Crippen molar-refractivity contribution < 1.29 is 9.52 Å². The zero-order chi connectivity index (χ0) is 7.56. The van der Waals surface area contributed by atoms with Crippen LogP contribution >= 0.6 is 0 Å². The first-order valence-corrected chi connectivity index (χ1v) is 3.10. The van der Waals surface area contributed by atoms with Crippen LogP contribution in [0.4, 0.5) is 0 Å². The smallest absolute Gasteiger partial charge is 0.106 e. The molecule has 1 unspecified atom stereocenters. The average molecular weight is 138 g/mol. The van der Waals surface area contributed by atoms with Gasteiger partial charge < -0.3 is 9.52 Å². The minimum absolute atomic E-state index is 0.598. The van der Waals surface area contributed by atoms with Gasteiger partial charge in [0.05, 0.1) is 6.26 Å². The molecule has 0 aromatic carbocycles. The fourth-order valence-electron chi connectivity index (χ4n) is 0.829. The number of aliphatic hydroxyl groups excluding tert-OH is 1. The number of hydrogen-bond acceptors (Lipinski definition) is 2. The quantitative estimate of drug-likeness (QED) is 0.632. The summed E-state index contributed by atoms with van der Waals surface area (Å²) in [6.45, 7) is 5.27. The molecule has 1 aromatic rings. The summed E-state index contributed by atoms with van der Waals surface area (Å²) in [5, 5.41) is 9.22. The zero-order valence-corrected chi connectivity index (χ0v) is 5.87. The maximum atomic E-state index is 9.22. The summed E-state index contributed by atoms with van der Waals surface area (Å²) in [5.74, 6) is 0.743. The van der Waals surface area contributed by atoms with Crippen molar-refractivity contribution in [2.75, 3.05) is 0 Å². The first-order valence-electron chi connectivity index (χ1n) is 3.10. The molecule has 0 spiro atoms. The maximum absolute atomic E-state index is 9.22. The summed E-state index contributed by atoms with van der Waals surface area (Å²) >= 11 is 0. The Hall–Kier alpha value is -1.02. The Morgan fingerprint density at radius 1 is 1.80 bits per heavy atom.